The van der Waals surface area contributed by atoms with Crippen molar-refractivity contribution in [3.8, 4) is 5.75 Å². The van der Waals surface area contributed by atoms with E-state index in [9.17, 15) is 20.0 Å². The molecule has 25 heavy (non-hydrogen) atoms. The zero-order chi connectivity index (χ0) is 18.9. The summed E-state index contributed by atoms with van der Waals surface area (Å²) in [6.07, 6.45) is -0.527. The van der Waals surface area contributed by atoms with Crippen molar-refractivity contribution in [1.82, 2.24) is 0 Å². The number of alkyl halides is 3. The molecule has 0 spiro atoms. The van der Waals surface area contributed by atoms with Crippen LogP contribution in [0.2, 0.25) is 0 Å². The number of ketones is 1. The van der Waals surface area contributed by atoms with Gasteiger partial charge in [0.1, 0.15) is 5.75 Å². The third-order valence-corrected chi connectivity index (χ3v) is 4.85. The summed E-state index contributed by atoms with van der Waals surface area (Å²) in [5, 5.41) is 21.7. The zero-order valence-electron chi connectivity index (χ0n) is 12.8. The quantitative estimate of drug-likeness (QED) is 0.225. The first kappa shape index (κ1) is 20.3. The summed E-state index contributed by atoms with van der Waals surface area (Å²) in [7, 11) is 0. The second-order valence-electron chi connectivity index (χ2n) is 5.60. The Morgan fingerprint density at radius 2 is 2.12 bits per heavy atom. The smallest absolute Gasteiger partial charge is 0.260 e. The number of hydrogen-bond acceptors (Lipinski definition) is 5. The molecule has 1 aromatic carbocycles. The fraction of sp³-hybridized carbons (Fsp3) is 0.400. The van der Waals surface area contributed by atoms with E-state index in [1.54, 1.807) is 18.2 Å². The Morgan fingerprint density at radius 1 is 1.48 bits per heavy atom. The van der Waals surface area contributed by atoms with E-state index in [0.29, 0.717) is 15.8 Å². The van der Waals surface area contributed by atoms with Crippen LogP contribution in [0, 0.1) is 10.1 Å². The number of aliphatic hydroxyl groups excluding tert-OH is 1. The first-order valence-electron chi connectivity index (χ1n) is 7.07. The summed E-state index contributed by atoms with van der Waals surface area (Å²) in [5.41, 5.74) is 0.477. The third kappa shape index (κ3) is 4.78. The summed E-state index contributed by atoms with van der Waals surface area (Å²) in [4.78, 5) is 22.3. The number of allylic oxidation sites excluding steroid dienone is 2. The Bertz CT molecular complexity index is 734. The number of benzene rings is 1. The van der Waals surface area contributed by atoms with Crippen LogP contribution in [0.4, 0.5) is 0 Å². The normalized spacial score (nSPS) is 23.6. The van der Waals surface area contributed by atoms with Crippen molar-refractivity contribution in [1.29, 1.82) is 0 Å². The topological polar surface area (TPSA) is 89.7 Å². The van der Waals surface area contributed by atoms with Crippen molar-refractivity contribution in [2.24, 2.45) is 0 Å². The van der Waals surface area contributed by atoms with Crippen molar-refractivity contribution in [3.05, 3.63) is 50.2 Å². The number of carbonyl (C=O) groups is 1. The molecule has 0 radical (unpaired) electrons. The lowest BCUT2D eigenvalue weighted by molar-refractivity contribution is -0.538. The molecule has 0 saturated carbocycles. The van der Waals surface area contributed by atoms with Crippen LogP contribution in [0.5, 0.6) is 5.75 Å². The second kappa shape index (κ2) is 7.70. The lowest BCUT2D eigenvalue weighted by Gasteiger charge is -2.37. The fourth-order valence-electron chi connectivity index (χ4n) is 2.79. The number of aliphatic hydroxyl groups is 1. The Kier molecular flexibility index (Phi) is 6.25. The van der Waals surface area contributed by atoms with E-state index in [1.165, 1.54) is 6.92 Å². The van der Waals surface area contributed by atoms with Gasteiger partial charge >= 0.3 is 0 Å². The van der Waals surface area contributed by atoms with E-state index in [1.807, 2.05) is 0 Å². The molecule has 3 atom stereocenters. The minimum absolute atomic E-state index is 0.171. The molecule has 1 heterocycles. The van der Waals surface area contributed by atoms with E-state index in [-0.39, 0.29) is 18.0 Å². The van der Waals surface area contributed by atoms with Crippen LogP contribution in [-0.2, 0) is 4.79 Å². The molecule has 0 aliphatic carbocycles. The largest absolute Gasteiger partial charge is 0.512 e. The van der Waals surface area contributed by atoms with Crippen molar-refractivity contribution < 1.29 is 19.6 Å². The van der Waals surface area contributed by atoms with Gasteiger partial charge in [-0.1, -0.05) is 50.7 Å². The van der Waals surface area contributed by atoms with Gasteiger partial charge in [-0.05, 0) is 25.1 Å². The number of ether oxygens (including phenoxy) is 1. The number of fused-ring (bicyclic) bond motifs is 1. The van der Waals surface area contributed by atoms with Crippen molar-refractivity contribution in [2.75, 3.05) is 0 Å². The lowest BCUT2D eigenvalue weighted by Crippen LogP contribution is -2.52. The highest BCUT2D eigenvalue weighted by Crippen LogP contribution is 2.47. The van der Waals surface area contributed by atoms with E-state index in [0.717, 1.165) is 6.08 Å². The highest BCUT2D eigenvalue weighted by atomic mass is 79.9. The van der Waals surface area contributed by atoms with Crippen LogP contribution in [-0.4, -0.2) is 31.8 Å². The molecule has 1 N–H and O–H groups in total. The molecule has 1 aliphatic heterocycles. The highest BCUT2D eigenvalue weighted by Gasteiger charge is 2.55. The Hall–Kier alpha value is -1.02. The first-order chi connectivity index (χ1) is 11.5. The molecule has 0 fully saturated rings. The summed E-state index contributed by atoms with van der Waals surface area (Å²) < 4.78 is 4.21. The molecule has 0 saturated heterocycles. The SMILES string of the molecule is CC(=O)/C=C(/O)C[C@@H]1c2cc(Br)ccc2O[C@@H](C(Cl)(Cl)Cl)[C@H]1[N+](=O)[O-]. The van der Waals surface area contributed by atoms with Gasteiger partial charge in [-0.2, -0.15) is 0 Å². The lowest BCUT2D eigenvalue weighted by atomic mass is 9.82. The fourth-order valence-corrected chi connectivity index (χ4v) is 3.69. The summed E-state index contributed by atoms with van der Waals surface area (Å²) in [6.45, 7) is 1.26. The molecule has 10 heteroatoms. The standard InChI is InChI=1S/C15H13BrCl3NO5/c1-7(21)4-9(22)6-11-10-5-8(16)2-3-12(10)25-14(15(17,18)19)13(11)20(23)24/h2-5,11,13-14,22H,6H2,1H3/b9-4+/t11-,13+,14-/m1/s1. The molecule has 0 aromatic heterocycles. The van der Waals surface area contributed by atoms with Crippen LogP contribution in [0.15, 0.2) is 34.5 Å². The molecular weight excluding hydrogens is 460 g/mol. The number of halogens is 4. The van der Waals surface area contributed by atoms with E-state index in [4.69, 9.17) is 39.5 Å². The number of nitro groups is 1. The predicted molar refractivity (Wildman–Crippen MR) is 98.4 cm³/mol. The number of carbonyl (C=O) groups excluding carboxylic acids is 1. The van der Waals surface area contributed by atoms with E-state index in [2.05, 4.69) is 15.9 Å². The minimum Gasteiger partial charge on any atom is -0.512 e. The highest BCUT2D eigenvalue weighted by molar-refractivity contribution is 9.10. The van der Waals surface area contributed by atoms with Gasteiger partial charge in [-0.15, -0.1) is 0 Å². The van der Waals surface area contributed by atoms with Crippen LogP contribution in [0.25, 0.3) is 0 Å². The molecule has 0 amide bonds. The average Bonchev–Trinajstić information content (AvgIpc) is 2.44. The van der Waals surface area contributed by atoms with Gasteiger partial charge in [0.25, 0.3) is 6.04 Å². The maximum Gasteiger partial charge on any atom is 0.260 e. The van der Waals surface area contributed by atoms with E-state index >= 15 is 0 Å². The van der Waals surface area contributed by atoms with Crippen LogP contribution < -0.4 is 4.74 Å². The molecule has 136 valence electrons. The van der Waals surface area contributed by atoms with Crippen LogP contribution in [0.1, 0.15) is 24.8 Å². The van der Waals surface area contributed by atoms with Gasteiger partial charge in [0, 0.05) is 27.5 Å². The van der Waals surface area contributed by atoms with Crippen LogP contribution in [0.3, 0.4) is 0 Å². The Morgan fingerprint density at radius 3 is 2.64 bits per heavy atom. The number of rotatable bonds is 4. The van der Waals surface area contributed by atoms with Gasteiger partial charge in [0.2, 0.25) is 9.90 Å². The van der Waals surface area contributed by atoms with E-state index < -0.39 is 26.8 Å². The van der Waals surface area contributed by atoms with Gasteiger partial charge in [0.15, 0.2) is 5.78 Å². The van der Waals surface area contributed by atoms with Gasteiger partial charge in [-0.3, -0.25) is 14.9 Å². The molecule has 2 rings (SSSR count). The zero-order valence-corrected chi connectivity index (χ0v) is 16.6. The molecule has 1 aromatic rings. The minimum atomic E-state index is -2.05. The predicted octanol–water partition coefficient (Wildman–Crippen LogP) is 4.73. The summed E-state index contributed by atoms with van der Waals surface area (Å²) in [6, 6.07) is 3.49. The monoisotopic (exact) mass is 471 g/mol. The van der Waals surface area contributed by atoms with Gasteiger partial charge < -0.3 is 9.84 Å². The molecule has 0 unspecified atom stereocenters. The first-order valence-corrected chi connectivity index (χ1v) is 8.99. The number of nitrogens with zero attached hydrogens (tertiary/aromatic N) is 1. The maximum absolute atomic E-state index is 11.7. The molecule has 6 nitrogen and oxygen atoms in total. The van der Waals surface area contributed by atoms with Crippen molar-refractivity contribution >= 4 is 56.5 Å². The molecular formula is C15H13BrCl3NO5. The molecule has 0 bridgehead atoms. The van der Waals surface area contributed by atoms with Crippen LogP contribution >= 0.6 is 50.7 Å². The Balaban J connectivity index is 2.58. The summed E-state index contributed by atoms with van der Waals surface area (Å²) in [5.74, 6) is -1.21. The van der Waals surface area contributed by atoms with Crippen molar-refractivity contribution in [2.45, 2.75) is 35.2 Å². The van der Waals surface area contributed by atoms with Crippen molar-refractivity contribution in [3.63, 3.8) is 0 Å². The Labute approximate surface area is 167 Å². The number of hydrogen-bond donors (Lipinski definition) is 1. The average molecular weight is 474 g/mol. The van der Waals surface area contributed by atoms with Gasteiger partial charge in [0.05, 0.1) is 11.7 Å². The maximum atomic E-state index is 11.7. The molecule has 1 aliphatic rings. The van der Waals surface area contributed by atoms with Gasteiger partial charge in [-0.25, -0.2) is 0 Å². The second-order valence-corrected chi connectivity index (χ2v) is 8.88. The third-order valence-electron chi connectivity index (χ3n) is 3.71. The summed E-state index contributed by atoms with van der Waals surface area (Å²) >= 11 is 21.0.